The van der Waals surface area contributed by atoms with Gasteiger partial charge in [-0.15, -0.1) is 0 Å². The van der Waals surface area contributed by atoms with Crippen LogP contribution in [0.4, 0.5) is 5.69 Å². The number of aryl methyl sites for hydroxylation is 1. The van der Waals surface area contributed by atoms with E-state index in [4.69, 9.17) is 20.9 Å². The van der Waals surface area contributed by atoms with Crippen molar-refractivity contribution < 1.29 is 14.3 Å². The Morgan fingerprint density at radius 3 is 2.45 bits per heavy atom. The second-order valence-corrected chi connectivity index (χ2v) is 5.66. The molecule has 0 fully saturated rings. The van der Waals surface area contributed by atoms with Gasteiger partial charge < -0.3 is 20.9 Å². The third-order valence-corrected chi connectivity index (χ3v) is 2.70. The van der Waals surface area contributed by atoms with Gasteiger partial charge in [0.2, 0.25) is 0 Å². The molecule has 0 saturated carbocycles. The molecule has 1 atom stereocenters. The predicted molar refractivity (Wildman–Crippen MR) is 79.5 cm³/mol. The molecule has 20 heavy (non-hydrogen) atoms. The molecule has 5 heteroatoms. The summed E-state index contributed by atoms with van der Waals surface area (Å²) in [6, 6.07) is 2.64. The summed E-state index contributed by atoms with van der Waals surface area (Å²) in [5.74, 6) is -0.0296. The fraction of sp³-hybridized carbons (Fsp3) is 0.533. The smallest absolute Gasteiger partial charge is 0.328 e. The van der Waals surface area contributed by atoms with Crippen LogP contribution in [-0.2, 0) is 9.53 Å². The summed E-state index contributed by atoms with van der Waals surface area (Å²) in [7, 11) is 0. The van der Waals surface area contributed by atoms with Gasteiger partial charge >= 0.3 is 5.97 Å². The largest absolute Gasteiger partial charge is 0.491 e. The quantitative estimate of drug-likeness (QED) is 0.652. The van der Waals surface area contributed by atoms with E-state index in [0.717, 1.165) is 5.56 Å². The van der Waals surface area contributed by atoms with Crippen LogP contribution in [0.2, 0.25) is 0 Å². The Kier molecular flexibility index (Phi) is 5.00. The molecule has 1 unspecified atom stereocenters. The number of rotatable bonds is 4. The SMILES string of the molecule is CCOc1c(N)ccc(C)c1C(N)C(=O)OC(C)(C)C. The molecule has 0 aliphatic rings. The van der Waals surface area contributed by atoms with E-state index >= 15 is 0 Å². The molecule has 0 aliphatic heterocycles. The lowest BCUT2D eigenvalue weighted by Crippen LogP contribution is -2.32. The van der Waals surface area contributed by atoms with Gasteiger partial charge in [-0.2, -0.15) is 0 Å². The summed E-state index contributed by atoms with van der Waals surface area (Å²) in [4.78, 5) is 12.1. The van der Waals surface area contributed by atoms with Crippen molar-refractivity contribution in [1.29, 1.82) is 0 Å². The van der Waals surface area contributed by atoms with Crippen molar-refractivity contribution in [2.45, 2.75) is 46.3 Å². The fourth-order valence-electron chi connectivity index (χ4n) is 1.89. The minimum absolute atomic E-state index is 0.446. The average Bonchev–Trinajstić information content (AvgIpc) is 2.31. The molecular formula is C15H24N2O3. The number of anilines is 1. The van der Waals surface area contributed by atoms with Crippen LogP contribution in [0.25, 0.3) is 0 Å². The highest BCUT2D eigenvalue weighted by molar-refractivity contribution is 5.81. The number of nitrogen functional groups attached to an aromatic ring is 1. The Morgan fingerprint density at radius 1 is 1.35 bits per heavy atom. The van der Waals surface area contributed by atoms with Crippen LogP contribution in [0.15, 0.2) is 12.1 Å². The van der Waals surface area contributed by atoms with Crippen molar-refractivity contribution in [3.8, 4) is 5.75 Å². The number of ether oxygens (including phenoxy) is 2. The maximum absolute atomic E-state index is 12.1. The molecule has 0 radical (unpaired) electrons. The first kappa shape index (κ1) is 16.3. The molecular weight excluding hydrogens is 256 g/mol. The van der Waals surface area contributed by atoms with Gasteiger partial charge in [0.1, 0.15) is 17.4 Å². The second kappa shape index (κ2) is 6.13. The van der Waals surface area contributed by atoms with Gasteiger partial charge in [-0.1, -0.05) is 6.07 Å². The first-order valence-corrected chi connectivity index (χ1v) is 6.67. The van der Waals surface area contributed by atoms with Crippen LogP contribution in [-0.4, -0.2) is 18.2 Å². The minimum Gasteiger partial charge on any atom is -0.491 e. The zero-order chi connectivity index (χ0) is 15.5. The Balaban J connectivity index is 3.17. The van der Waals surface area contributed by atoms with Crippen LogP contribution in [0.5, 0.6) is 5.75 Å². The molecule has 112 valence electrons. The molecule has 0 spiro atoms. The summed E-state index contributed by atoms with van der Waals surface area (Å²) in [5.41, 5.74) is 13.3. The Labute approximate surface area is 120 Å². The number of esters is 1. The molecule has 1 aromatic carbocycles. The van der Waals surface area contributed by atoms with Crippen LogP contribution in [0, 0.1) is 6.92 Å². The van der Waals surface area contributed by atoms with Crippen LogP contribution >= 0.6 is 0 Å². The maximum Gasteiger partial charge on any atom is 0.328 e. The monoisotopic (exact) mass is 280 g/mol. The molecule has 0 amide bonds. The van der Waals surface area contributed by atoms with E-state index < -0.39 is 17.6 Å². The number of carbonyl (C=O) groups is 1. The highest BCUT2D eigenvalue weighted by Crippen LogP contribution is 2.34. The summed E-state index contributed by atoms with van der Waals surface area (Å²) in [5, 5.41) is 0. The Morgan fingerprint density at radius 2 is 1.95 bits per heavy atom. The number of benzene rings is 1. The van der Waals surface area contributed by atoms with E-state index in [1.54, 1.807) is 26.8 Å². The molecule has 0 aromatic heterocycles. The van der Waals surface area contributed by atoms with Crippen molar-refractivity contribution in [1.82, 2.24) is 0 Å². The zero-order valence-electron chi connectivity index (χ0n) is 12.8. The average molecular weight is 280 g/mol. The number of hydrogen-bond donors (Lipinski definition) is 2. The first-order valence-electron chi connectivity index (χ1n) is 6.67. The number of carbonyl (C=O) groups excluding carboxylic acids is 1. The van der Waals surface area contributed by atoms with Crippen molar-refractivity contribution in [3.63, 3.8) is 0 Å². The topological polar surface area (TPSA) is 87.6 Å². The minimum atomic E-state index is -0.917. The predicted octanol–water partition coefficient (Wildman–Crippen LogP) is 2.32. The molecule has 1 aromatic rings. The number of nitrogens with two attached hydrogens (primary N) is 2. The molecule has 0 aliphatic carbocycles. The molecule has 0 saturated heterocycles. The van der Waals surface area contributed by atoms with Gasteiger partial charge in [-0.05, 0) is 46.2 Å². The second-order valence-electron chi connectivity index (χ2n) is 5.66. The first-order chi connectivity index (χ1) is 9.17. The summed E-state index contributed by atoms with van der Waals surface area (Å²) in [6.07, 6.45) is 0. The van der Waals surface area contributed by atoms with Crippen molar-refractivity contribution in [2.75, 3.05) is 12.3 Å². The molecule has 5 nitrogen and oxygen atoms in total. The lowest BCUT2D eigenvalue weighted by Gasteiger charge is -2.24. The summed E-state index contributed by atoms with van der Waals surface area (Å²) < 4.78 is 10.9. The van der Waals surface area contributed by atoms with Gasteiger partial charge in [0.05, 0.1) is 12.3 Å². The van der Waals surface area contributed by atoms with Gasteiger partial charge in [-0.25, -0.2) is 4.79 Å². The van der Waals surface area contributed by atoms with Gasteiger partial charge in [0.15, 0.2) is 0 Å². The number of hydrogen-bond acceptors (Lipinski definition) is 5. The summed E-state index contributed by atoms with van der Waals surface area (Å²) >= 11 is 0. The molecule has 0 bridgehead atoms. The van der Waals surface area contributed by atoms with E-state index in [9.17, 15) is 4.79 Å². The van der Waals surface area contributed by atoms with E-state index in [-0.39, 0.29) is 0 Å². The molecule has 1 rings (SSSR count). The Bertz CT molecular complexity index is 493. The lowest BCUT2D eigenvalue weighted by molar-refractivity contribution is -0.156. The van der Waals surface area contributed by atoms with Crippen LogP contribution in [0.3, 0.4) is 0 Å². The molecule has 4 N–H and O–H groups in total. The van der Waals surface area contributed by atoms with Gasteiger partial charge in [0, 0.05) is 5.56 Å². The normalized spacial score (nSPS) is 12.9. The fourth-order valence-corrected chi connectivity index (χ4v) is 1.89. The lowest BCUT2D eigenvalue weighted by atomic mass is 9.99. The third-order valence-electron chi connectivity index (χ3n) is 2.70. The maximum atomic E-state index is 12.1. The standard InChI is InChI=1S/C15H24N2O3/c1-6-19-13-10(16)8-7-9(2)11(13)12(17)14(18)20-15(3,4)5/h7-8,12H,6,16-17H2,1-5H3. The van der Waals surface area contributed by atoms with E-state index in [0.29, 0.717) is 23.6 Å². The van der Waals surface area contributed by atoms with Gasteiger partial charge in [0.25, 0.3) is 0 Å². The van der Waals surface area contributed by atoms with E-state index in [1.165, 1.54) is 0 Å². The van der Waals surface area contributed by atoms with E-state index in [1.807, 2.05) is 19.9 Å². The van der Waals surface area contributed by atoms with Crippen molar-refractivity contribution in [3.05, 3.63) is 23.3 Å². The summed E-state index contributed by atoms with van der Waals surface area (Å²) in [6.45, 7) is 9.56. The van der Waals surface area contributed by atoms with Gasteiger partial charge in [-0.3, -0.25) is 0 Å². The third kappa shape index (κ3) is 3.87. The van der Waals surface area contributed by atoms with Crippen molar-refractivity contribution >= 4 is 11.7 Å². The van der Waals surface area contributed by atoms with E-state index in [2.05, 4.69) is 0 Å². The highest BCUT2D eigenvalue weighted by atomic mass is 16.6. The molecule has 0 heterocycles. The van der Waals surface area contributed by atoms with Crippen LogP contribution < -0.4 is 16.2 Å². The van der Waals surface area contributed by atoms with Crippen molar-refractivity contribution in [2.24, 2.45) is 5.73 Å². The highest BCUT2D eigenvalue weighted by Gasteiger charge is 2.28. The Hall–Kier alpha value is -1.75. The van der Waals surface area contributed by atoms with Crippen LogP contribution in [0.1, 0.15) is 44.9 Å². The zero-order valence-corrected chi connectivity index (χ0v) is 12.8.